The summed E-state index contributed by atoms with van der Waals surface area (Å²) in [5.74, 6) is -16.1. The Morgan fingerprint density at radius 2 is 0.504 bits per heavy atom. The number of carbonyl (C=O) groups excluding carboxylic acids is 8. The molecule has 0 amide bonds. The Bertz CT molecular complexity index is 5990. The third-order valence-electron chi connectivity index (χ3n) is 22.8. The highest BCUT2D eigenvalue weighted by Crippen LogP contribution is 2.61. The van der Waals surface area contributed by atoms with Gasteiger partial charge in [-0.3, -0.25) is 0 Å². The summed E-state index contributed by atoms with van der Waals surface area (Å²) >= 11 is 0. The molecule has 0 N–H and O–H groups in total. The van der Waals surface area contributed by atoms with E-state index in [1.807, 2.05) is 0 Å². The molecule has 0 aromatic heterocycles. The number of esters is 8. The highest BCUT2D eigenvalue weighted by atomic mass is 16.8. The quantitative estimate of drug-likeness (QED) is 0.0288. The molecule has 8 aromatic rings. The molecule has 44 nitrogen and oxygen atoms in total. The van der Waals surface area contributed by atoms with Crippen LogP contribution in [0.3, 0.4) is 0 Å². The minimum Gasteiger partial charge on any atom is -0.493 e. The molecule has 2 unspecified atom stereocenters. The molecule has 0 radical (unpaired) electrons. The second-order valence-corrected chi connectivity index (χ2v) is 29.2. The van der Waals surface area contributed by atoms with Gasteiger partial charge < -0.3 is 171 Å². The van der Waals surface area contributed by atoms with Gasteiger partial charge in [-0.05, 0) is 42.5 Å². The van der Waals surface area contributed by atoms with Crippen molar-refractivity contribution in [3.8, 4) is 177 Å². The molecule has 13 rings (SSSR count). The van der Waals surface area contributed by atoms with Crippen LogP contribution in [0, 0.1) is 0 Å². The van der Waals surface area contributed by atoms with Crippen LogP contribution in [0.15, 0.2) is 54.6 Å². The SMILES string of the molecule is COc1cc(C(=O)O[C@H]2[C@@H]3OC(=O)c4cc(OC)c(OC)c(OC)c4-c4c(cc(OC)c(OC)c4OC)C(=O)OC[C@H]3OC(OC)[C@@H]2OC(=O)c2cc(OC)c(OC)c(OC)c2Oc2cc3c(c(OC)c2OC)-c2c(cc(OC)c(OC)c2OC)C(=O)O[C@H]2[C@@H]4OC(=O)c5cc(OC)c(OC)c(OC)c5-c5c(cc(OC)c(OC)c5OC)C(=O)OC[C@H]4OC(OC)[C@@H]2OC3=O)cc(OC)c1OC. The summed E-state index contributed by atoms with van der Waals surface area (Å²) < 4.78 is 219. The average Bonchev–Trinajstić information content (AvgIpc) is 1.27. The molecule has 734 valence electrons. The topological polar surface area (TPSA) is 469 Å². The average molecular weight is 1920 g/mol. The van der Waals surface area contributed by atoms with Gasteiger partial charge in [0.15, 0.2) is 141 Å². The molecule has 0 aliphatic carbocycles. The molecular formula is C93H98O44. The first-order valence-corrected chi connectivity index (χ1v) is 40.9. The van der Waals surface area contributed by atoms with Crippen LogP contribution < -0.4 is 114 Å². The number of methoxy groups -OCH3 is 25. The fraction of sp³-hybridized carbons (Fsp3) is 0.398. The van der Waals surface area contributed by atoms with Gasteiger partial charge >= 0.3 is 47.8 Å². The van der Waals surface area contributed by atoms with E-state index >= 15 is 38.4 Å². The molecule has 44 heteroatoms. The zero-order valence-electron chi connectivity index (χ0n) is 78.8. The maximum atomic E-state index is 16.6. The van der Waals surface area contributed by atoms with Crippen molar-refractivity contribution in [2.24, 2.45) is 0 Å². The fourth-order valence-electron chi connectivity index (χ4n) is 16.8. The molecule has 137 heavy (non-hydrogen) atoms. The molecule has 0 bridgehead atoms. The van der Waals surface area contributed by atoms with Gasteiger partial charge in [0.25, 0.3) is 0 Å². The molecular weight excluding hydrogens is 1820 g/mol. The van der Waals surface area contributed by atoms with E-state index in [1.165, 1.54) is 185 Å². The van der Waals surface area contributed by atoms with Gasteiger partial charge in [-0.2, -0.15) is 0 Å². The van der Waals surface area contributed by atoms with Crippen LogP contribution in [-0.4, -0.2) is 300 Å². The number of ether oxygens (including phenoxy) is 36. The lowest BCUT2D eigenvalue weighted by Gasteiger charge is -2.44. The van der Waals surface area contributed by atoms with Crippen molar-refractivity contribution < 1.29 is 209 Å². The summed E-state index contributed by atoms with van der Waals surface area (Å²) in [6.07, 6.45) is -20.2. The van der Waals surface area contributed by atoms with Crippen molar-refractivity contribution in [2.75, 3.05) is 191 Å². The second-order valence-electron chi connectivity index (χ2n) is 29.2. The monoisotopic (exact) mass is 1920 g/mol. The van der Waals surface area contributed by atoms with E-state index in [-0.39, 0.29) is 159 Å². The van der Waals surface area contributed by atoms with E-state index in [1.54, 1.807) is 0 Å². The van der Waals surface area contributed by atoms with E-state index in [0.29, 0.717) is 0 Å². The van der Waals surface area contributed by atoms with Crippen LogP contribution in [0.4, 0.5) is 0 Å². The highest BCUT2D eigenvalue weighted by Gasteiger charge is 2.58. The molecule has 2 fully saturated rings. The Morgan fingerprint density at radius 3 is 0.832 bits per heavy atom. The number of cyclic esters (lactones) is 2. The van der Waals surface area contributed by atoms with E-state index in [0.717, 1.165) is 47.7 Å². The Balaban J connectivity index is 0.999. The molecule has 5 heterocycles. The van der Waals surface area contributed by atoms with E-state index in [9.17, 15) is 0 Å². The third kappa shape index (κ3) is 17.3. The summed E-state index contributed by atoms with van der Waals surface area (Å²) in [7, 11) is 30.8. The first-order valence-electron chi connectivity index (χ1n) is 40.9. The van der Waals surface area contributed by atoms with Crippen molar-refractivity contribution in [3.63, 3.8) is 0 Å². The smallest absolute Gasteiger partial charge is 0.342 e. The van der Waals surface area contributed by atoms with Crippen LogP contribution >= 0.6 is 0 Å². The zero-order chi connectivity index (χ0) is 99.1. The largest absolute Gasteiger partial charge is 0.493 e. The number of benzene rings is 8. The minimum atomic E-state index is -2.21. The van der Waals surface area contributed by atoms with Crippen LogP contribution in [0.5, 0.6) is 144 Å². The lowest BCUT2D eigenvalue weighted by atomic mass is 9.90. The Hall–Kier alpha value is -15.4. The van der Waals surface area contributed by atoms with Gasteiger partial charge in [0.05, 0.1) is 202 Å². The highest BCUT2D eigenvalue weighted by molar-refractivity contribution is 6.12. The first kappa shape index (κ1) is 99.0. The minimum absolute atomic E-state index is 0.0339. The predicted octanol–water partition coefficient (Wildman–Crippen LogP) is 10.0. The maximum Gasteiger partial charge on any atom is 0.342 e. The standard InChI is InChI=1S/C93H98O44/c1-102-45-26-37(27-46(103-2)63(45)110-9)84(94)134-80-71-54(35-127-85(95)38-28-47(104-3)64(111-10)73(118-17)56(38)58-40(87(97)132-71)30-49(106-5)66(113-12)75(58)120-19)130-92(125-24)82(80)137-91(101)44-34-52(109-8)69(116-15)79(124-23)62(44)129-53-33-43-61(78(123-22)70(53)117-16)60-42(32-51(108-7)68(115-14)77(60)122-21)89(99)135-81-72-55(131-93(126-25)83(81)136-90(43)100)36-128-86(96)39-29-48(105-4)65(112-11)74(119-18)57(39)59-41(88(98)133-72)31-50(107-6)67(114-13)76(59)121-20/h26-34,54-55,71-72,80-83,92-93H,35-36H2,1-25H3/t54-,55-,71-,72-,80+,81+,82-,83-,92?,93?/m1/s1. The lowest BCUT2D eigenvalue weighted by Crippen LogP contribution is -2.63. The summed E-state index contributed by atoms with van der Waals surface area (Å²) in [6, 6.07) is 10.6. The van der Waals surface area contributed by atoms with Crippen molar-refractivity contribution in [2.45, 2.75) is 61.4 Å². The molecule has 0 saturated carbocycles. The van der Waals surface area contributed by atoms with E-state index in [2.05, 4.69) is 0 Å². The van der Waals surface area contributed by atoms with Crippen molar-refractivity contribution >= 4 is 47.8 Å². The summed E-state index contributed by atoms with van der Waals surface area (Å²) in [4.78, 5) is 127. The van der Waals surface area contributed by atoms with Crippen LogP contribution in [0.1, 0.15) is 82.9 Å². The van der Waals surface area contributed by atoms with Gasteiger partial charge in [-0.25, -0.2) is 38.4 Å². The van der Waals surface area contributed by atoms with Gasteiger partial charge in [-0.1, -0.05) is 0 Å². The molecule has 10 atom stereocenters. The summed E-state index contributed by atoms with van der Waals surface area (Å²) in [6.45, 7) is -1.77. The second kappa shape index (κ2) is 42.0. The number of hydrogen-bond acceptors (Lipinski definition) is 44. The number of carbonyl (C=O) groups is 8. The normalized spacial score (nSPS) is 19.1. The molecule has 2 saturated heterocycles. The molecule has 8 aromatic carbocycles. The summed E-state index contributed by atoms with van der Waals surface area (Å²) in [5, 5.41) is 0. The van der Waals surface area contributed by atoms with Crippen molar-refractivity contribution in [1.29, 1.82) is 0 Å². The van der Waals surface area contributed by atoms with E-state index < -0.39 is 185 Å². The van der Waals surface area contributed by atoms with Gasteiger partial charge in [0.2, 0.25) is 51.7 Å². The van der Waals surface area contributed by atoms with Gasteiger partial charge in [0.1, 0.15) is 31.0 Å². The molecule has 5 aliphatic rings. The van der Waals surface area contributed by atoms with E-state index in [4.69, 9.17) is 171 Å². The molecule has 0 spiro atoms. The lowest BCUT2D eigenvalue weighted by molar-refractivity contribution is -0.291. The number of fused-ring (bicyclic) bond motifs is 13. The number of rotatable bonds is 31. The van der Waals surface area contributed by atoms with Gasteiger partial charge in [0, 0.05) is 59.7 Å². The Kier molecular flexibility index (Phi) is 30.4. The Labute approximate surface area is 782 Å². The molecule has 5 aliphatic heterocycles. The fourth-order valence-corrected chi connectivity index (χ4v) is 16.8. The summed E-state index contributed by atoms with van der Waals surface area (Å²) in [5.41, 5.74) is -5.42. The number of hydrogen-bond donors (Lipinski definition) is 0. The zero-order valence-corrected chi connectivity index (χ0v) is 78.8. The van der Waals surface area contributed by atoms with Crippen LogP contribution in [-0.2, 0) is 56.8 Å². The first-order chi connectivity index (χ1) is 66.2. The van der Waals surface area contributed by atoms with Gasteiger partial charge in [-0.15, -0.1) is 0 Å². The Morgan fingerprint density at radius 1 is 0.241 bits per heavy atom. The van der Waals surface area contributed by atoms with Crippen molar-refractivity contribution in [3.05, 3.63) is 99.1 Å². The third-order valence-corrected chi connectivity index (χ3v) is 22.8. The predicted molar refractivity (Wildman–Crippen MR) is 466 cm³/mol. The maximum absolute atomic E-state index is 16.6. The van der Waals surface area contributed by atoms with Crippen molar-refractivity contribution in [1.82, 2.24) is 0 Å². The van der Waals surface area contributed by atoms with Crippen LogP contribution in [0.25, 0.3) is 33.4 Å². The van der Waals surface area contributed by atoms with Crippen LogP contribution in [0.2, 0.25) is 0 Å².